The van der Waals surface area contributed by atoms with E-state index in [0.717, 1.165) is 6.54 Å². The molecular formula is C18H35N2+. The summed E-state index contributed by atoms with van der Waals surface area (Å²) in [5.41, 5.74) is 0. The van der Waals surface area contributed by atoms with Gasteiger partial charge >= 0.3 is 0 Å². The Hall–Kier alpha value is -0.790. The zero-order chi connectivity index (χ0) is 14.5. The van der Waals surface area contributed by atoms with Gasteiger partial charge in [-0.25, -0.2) is 4.58 Å². The molecule has 0 N–H and O–H groups in total. The Kier molecular flexibility index (Phi) is 10.3. The maximum absolute atomic E-state index is 2.45. The van der Waals surface area contributed by atoms with Crippen LogP contribution in [0.5, 0.6) is 0 Å². The lowest BCUT2D eigenvalue weighted by molar-refractivity contribution is -0.457. The van der Waals surface area contributed by atoms with Gasteiger partial charge in [-0.05, 0) is 12.8 Å². The van der Waals surface area contributed by atoms with Crippen LogP contribution in [0, 0.1) is 0 Å². The molecule has 1 aliphatic rings. The highest BCUT2D eigenvalue weighted by Crippen LogP contribution is 2.07. The fourth-order valence-electron chi connectivity index (χ4n) is 2.66. The van der Waals surface area contributed by atoms with Gasteiger partial charge in [-0.2, -0.15) is 0 Å². The van der Waals surface area contributed by atoms with E-state index >= 15 is 0 Å². The van der Waals surface area contributed by atoms with Gasteiger partial charge < -0.3 is 4.90 Å². The first-order valence-electron chi connectivity index (χ1n) is 8.88. The highest BCUT2D eigenvalue weighted by molar-refractivity contribution is 5.55. The fraction of sp³-hybridized carbons (Fsp3) is 0.833. The molecule has 1 heterocycles. The van der Waals surface area contributed by atoms with E-state index in [1.807, 2.05) is 0 Å². The van der Waals surface area contributed by atoms with Crippen LogP contribution in [0.2, 0.25) is 0 Å². The molecule has 0 aliphatic carbocycles. The Balaban J connectivity index is 2.00. The molecule has 0 radical (unpaired) electrons. The third-order valence-corrected chi connectivity index (χ3v) is 4.09. The first-order chi connectivity index (χ1) is 9.86. The van der Waals surface area contributed by atoms with Crippen molar-refractivity contribution in [2.75, 3.05) is 19.6 Å². The van der Waals surface area contributed by atoms with Gasteiger partial charge in [0.15, 0.2) is 12.4 Å². The summed E-state index contributed by atoms with van der Waals surface area (Å²) in [4.78, 5) is 2.45. The average Bonchev–Trinajstić information content (AvgIpc) is 2.49. The summed E-state index contributed by atoms with van der Waals surface area (Å²) in [5.74, 6) is 0. The quantitative estimate of drug-likeness (QED) is 0.367. The molecular weight excluding hydrogens is 244 g/mol. The molecule has 0 spiro atoms. The number of rotatable bonds is 12. The summed E-state index contributed by atoms with van der Waals surface area (Å²) in [6.07, 6.45) is 20.6. The van der Waals surface area contributed by atoms with Crippen LogP contribution in [-0.2, 0) is 0 Å². The number of nitrogens with zero attached hydrogens (tertiary/aromatic N) is 2. The zero-order valence-electron chi connectivity index (χ0n) is 13.8. The van der Waals surface area contributed by atoms with E-state index in [1.165, 1.54) is 77.3 Å². The van der Waals surface area contributed by atoms with Gasteiger partial charge in [-0.1, -0.05) is 58.8 Å². The van der Waals surface area contributed by atoms with E-state index < -0.39 is 0 Å². The van der Waals surface area contributed by atoms with Crippen LogP contribution in [0.15, 0.2) is 12.4 Å². The Labute approximate surface area is 126 Å². The van der Waals surface area contributed by atoms with Crippen molar-refractivity contribution in [2.24, 2.45) is 0 Å². The van der Waals surface area contributed by atoms with Gasteiger partial charge in [0.1, 0.15) is 6.54 Å². The second-order valence-corrected chi connectivity index (χ2v) is 6.04. The maximum atomic E-state index is 2.45. The van der Waals surface area contributed by atoms with E-state index in [2.05, 4.69) is 41.9 Å². The normalized spacial score (nSPS) is 14.7. The SMILES string of the molecule is CCCCCCCCN1C=C[N+](CCCCCC)=CC1. The van der Waals surface area contributed by atoms with Crippen molar-refractivity contribution in [3.8, 4) is 0 Å². The van der Waals surface area contributed by atoms with E-state index in [4.69, 9.17) is 0 Å². The monoisotopic (exact) mass is 279 g/mol. The van der Waals surface area contributed by atoms with Gasteiger partial charge in [0, 0.05) is 13.0 Å². The Bertz CT molecular complexity index is 281. The van der Waals surface area contributed by atoms with Crippen molar-refractivity contribution in [1.29, 1.82) is 0 Å². The molecule has 1 aliphatic heterocycles. The van der Waals surface area contributed by atoms with Crippen LogP contribution in [0.1, 0.15) is 78.1 Å². The van der Waals surface area contributed by atoms with E-state index in [9.17, 15) is 0 Å². The first kappa shape index (κ1) is 17.3. The van der Waals surface area contributed by atoms with E-state index in [0.29, 0.717) is 0 Å². The van der Waals surface area contributed by atoms with Crippen molar-refractivity contribution in [2.45, 2.75) is 78.1 Å². The minimum absolute atomic E-state index is 1.10. The molecule has 20 heavy (non-hydrogen) atoms. The Morgan fingerprint density at radius 3 is 2.15 bits per heavy atom. The molecule has 0 fully saturated rings. The maximum Gasteiger partial charge on any atom is 0.184 e. The second kappa shape index (κ2) is 12.0. The molecule has 0 aromatic heterocycles. The smallest absolute Gasteiger partial charge is 0.184 e. The van der Waals surface area contributed by atoms with Crippen LogP contribution < -0.4 is 0 Å². The van der Waals surface area contributed by atoms with Gasteiger partial charge in [-0.3, -0.25) is 0 Å². The molecule has 0 aromatic rings. The van der Waals surface area contributed by atoms with Gasteiger partial charge in [0.05, 0.1) is 12.7 Å². The van der Waals surface area contributed by atoms with Crippen LogP contribution >= 0.6 is 0 Å². The second-order valence-electron chi connectivity index (χ2n) is 6.04. The van der Waals surface area contributed by atoms with E-state index in [-0.39, 0.29) is 0 Å². The van der Waals surface area contributed by atoms with Crippen molar-refractivity contribution in [1.82, 2.24) is 4.90 Å². The summed E-state index contributed by atoms with van der Waals surface area (Å²) >= 11 is 0. The minimum Gasteiger partial charge on any atom is -0.363 e. The molecule has 2 heteroatoms. The summed E-state index contributed by atoms with van der Waals surface area (Å²) in [7, 11) is 0. The van der Waals surface area contributed by atoms with Gasteiger partial charge in [0.2, 0.25) is 0 Å². The van der Waals surface area contributed by atoms with Crippen molar-refractivity contribution >= 4 is 6.21 Å². The topological polar surface area (TPSA) is 6.25 Å². The Morgan fingerprint density at radius 2 is 1.50 bits per heavy atom. The number of hydrogen-bond donors (Lipinski definition) is 0. The lowest BCUT2D eigenvalue weighted by atomic mass is 10.1. The first-order valence-corrected chi connectivity index (χ1v) is 8.88. The average molecular weight is 279 g/mol. The third-order valence-electron chi connectivity index (χ3n) is 4.09. The molecule has 0 bridgehead atoms. The van der Waals surface area contributed by atoms with Crippen LogP contribution in [0.4, 0.5) is 0 Å². The van der Waals surface area contributed by atoms with Crippen LogP contribution in [0.3, 0.4) is 0 Å². The summed E-state index contributed by atoms with van der Waals surface area (Å²) < 4.78 is 2.37. The van der Waals surface area contributed by atoms with Crippen molar-refractivity contribution in [3.63, 3.8) is 0 Å². The summed E-state index contributed by atoms with van der Waals surface area (Å²) in [6.45, 7) is 8.07. The number of unbranched alkanes of at least 4 members (excludes halogenated alkanes) is 8. The summed E-state index contributed by atoms with van der Waals surface area (Å²) in [6, 6.07) is 0. The van der Waals surface area contributed by atoms with Crippen molar-refractivity contribution in [3.05, 3.63) is 12.4 Å². The zero-order valence-corrected chi connectivity index (χ0v) is 13.8. The highest BCUT2D eigenvalue weighted by atomic mass is 15.2. The van der Waals surface area contributed by atoms with Crippen LogP contribution in [-0.4, -0.2) is 35.3 Å². The molecule has 0 aromatic carbocycles. The summed E-state index contributed by atoms with van der Waals surface area (Å²) in [5, 5.41) is 0. The standard InChI is InChI=1S/C18H35N2/c1-3-5-7-9-10-12-14-20-17-15-19(16-18-20)13-11-8-6-4-2/h15-17H,3-14,18H2,1-2H3/q+1. The minimum atomic E-state index is 1.10. The molecule has 0 saturated carbocycles. The molecule has 116 valence electrons. The predicted molar refractivity (Wildman–Crippen MR) is 89.4 cm³/mol. The Morgan fingerprint density at radius 1 is 0.850 bits per heavy atom. The number of hydrogen-bond acceptors (Lipinski definition) is 1. The van der Waals surface area contributed by atoms with Gasteiger partial charge in [-0.15, -0.1) is 0 Å². The predicted octanol–water partition coefficient (Wildman–Crippen LogP) is 4.80. The molecule has 0 atom stereocenters. The largest absolute Gasteiger partial charge is 0.363 e. The molecule has 2 nitrogen and oxygen atoms in total. The lowest BCUT2D eigenvalue weighted by Gasteiger charge is -2.19. The van der Waals surface area contributed by atoms with Crippen molar-refractivity contribution < 1.29 is 4.58 Å². The highest BCUT2D eigenvalue weighted by Gasteiger charge is 2.09. The molecule has 0 unspecified atom stereocenters. The molecule has 0 saturated heterocycles. The third kappa shape index (κ3) is 8.39. The van der Waals surface area contributed by atoms with Crippen LogP contribution in [0.25, 0.3) is 0 Å². The van der Waals surface area contributed by atoms with Gasteiger partial charge in [0.25, 0.3) is 0 Å². The van der Waals surface area contributed by atoms with E-state index in [1.54, 1.807) is 0 Å². The lowest BCUT2D eigenvalue weighted by Crippen LogP contribution is -2.28. The fourth-order valence-corrected chi connectivity index (χ4v) is 2.66. The molecule has 1 rings (SSSR count). The molecule has 0 amide bonds.